The molecule has 1 aliphatic rings. The smallest absolute Gasteiger partial charge is 0.264 e. The second kappa shape index (κ2) is 10.2. The highest BCUT2D eigenvalue weighted by Crippen LogP contribution is 2.31. The van der Waals surface area contributed by atoms with Gasteiger partial charge >= 0.3 is 0 Å². The molecule has 1 fully saturated rings. The second-order valence-electron chi connectivity index (χ2n) is 7.93. The number of benzene rings is 1. The lowest BCUT2D eigenvalue weighted by molar-refractivity contribution is -0.122. The minimum atomic E-state index is 0.0197. The van der Waals surface area contributed by atoms with Gasteiger partial charge in [-0.3, -0.25) is 14.5 Å². The van der Waals surface area contributed by atoms with Crippen LogP contribution in [0.5, 0.6) is 0 Å². The average molecular weight is 456 g/mol. The Bertz CT molecular complexity index is 1070. The van der Waals surface area contributed by atoms with Gasteiger partial charge in [0.25, 0.3) is 5.91 Å². The number of carbonyl (C=O) groups excluding carboxylic acids is 2. The molecule has 0 aliphatic carbocycles. The van der Waals surface area contributed by atoms with Crippen LogP contribution in [0.1, 0.15) is 21.8 Å². The monoisotopic (exact) mass is 455 g/mol. The molecular formula is C23H29N5O3S. The van der Waals surface area contributed by atoms with Crippen LogP contribution in [0.4, 0.5) is 0 Å². The Morgan fingerprint density at radius 2 is 1.91 bits per heavy atom. The first-order valence-corrected chi connectivity index (χ1v) is 11.7. The summed E-state index contributed by atoms with van der Waals surface area (Å²) < 4.78 is 6.90. The van der Waals surface area contributed by atoms with Gasteiger partial charge in [-0.05, 0) is 31.5 Å². The third-order valence-electron chi connectivity index (χ3n) is 5.63. The highest BCUT2D eigenvalue weighted by molar-refractivity contribution is 7.20. The van der Waals surface area contributed by atoms with E-state index in [1.807, 2.05) is 52.9 Å². The number of hydrogen-bond donors (Lipinski definition) is 1. The highest BCUT2D eigenvalue weighted by Gasteiger charge is 2.25. The number of hydrogen-bond acceptors (Lipinski definition) is 6. The van der Waals surface area contributed by atoms with E-state index in [0.717, 1.165) is 32.9 Å². The maximum Gasteiger partial charge on any atom is 0.264 e. The van der Waals surface area contributed by atoms with Crippen LogP contribution in [0.25, 0.3) is 15.9 Å². The number of nitrogens with zero attached hydrogens (tertiary/aromatic N) is 4. The number of aromatic nitrogens is 2. The molecule has 2 amide bonds. The molecule has 0 unspecified atom stereocenters. The van der Waals surface area contributed by atoms with E-state index in [9.17, 15) is 9.59 Å². The van der Waals surface area contributed by atoms with Crippen LogP contribution in [-0.2, 0) is 9.53 Å². The maximum absolute atomic E-state index is 13.2. The Morgan fingerprint density at radius 1 is 1.16 bits per heavy atom. The quantitative estimate of drug-likeness (QED) is 0.528. The molecular weight excluding hydrogens is 426 g/mol. The predicted octanol–water partition coefficient (Wildman–Crippen LogP) is 2.31. The van der Waals surface area contributed by atoms with E-state index < -0.39 is 0 Å². The molecule has 2 aromatic heterocycles. The largest absolute Gasteiger partial charge is 0.385 e. The van der Waals surface area contributed by atoms with Gasteiger partial charge in [0.2, 0.25) is 5.91 Å². The standard InChI is InChI=1S/C23H29N5O3S/c1-17-19-15-20(32-23(19)28(25-17)18-7-4-3-5-8-18)22(30)27-12-10-26(11-13-27)16-21(29)24-9-6-14-31-2/h3-5,7-8,15H,6,9-14,16H2,1-2H3,(H,24,29). The van der Waals surface area contributed by atoms with Crippen molar-refractivity contribution in [3.8, 4) is 5.69 Å². The number of methoxy groups -OCH3 is 1. The molecule has 170 valence electrons. The first kappa shape index (κ1) is 22.4. The minimum Gasteiger partial charge on any atom is -0.385 e. The van der Waals surface area contributed by atoms with Crippen molar-refractivity contribution in [2.45, 2.75) is 13.3 Å². The summed E-state index contributed by atoms with van der Waals surface area (Å²) in [5.74, 6) is 0.0696. The van der Waals surface area contributed by atoms with Crippen LogP contribution in [0.2, 0.25) is 0 Å². The van der Waals surface area contributed by atoms with Crippen LogP contribution in [0.3, 0.4) is 0 Å². The van der Waals surface area contributed by atoms with Gasteiger partial charge in [0.1, 0.15) is 4.83 Å². The molecule has 3 heterocycles. The third kappa shape index (κ3) is 5.01. The summed E-state index contributed by atoms with van der Waals surface area (Å²) in [6.45, 7) is 6.23. The fourth-order valence-corrected chi connectivity index (χ4v) is 5.02. The molecule has 9 heteroatoms. The zero-order valence-electron chi connectivity index (χ0n) is 18.5. The number of piperazine rings is 1. The fourth-order valence-electron chi connectivity index (χ4n) is 3.87. The summed E-state index contributed by atoms with van der Waals surface area (Å²) in [4.78, 5) is 30.9. The van der Waals surface area contributed by atoms with Gasteiger partial charge < -0.3 is 15.0 Å². The van der Waals surface area contributed by atoms with E-state index >= 15 is 0 Å². The lowest BCUT2D eigenvalue weighted by Crippen LogP contribution is -2.51. The summed E-state index contributed by atoms with van der Waals surface area (Å²) >= 11 is 1.49. The van der Waals surface area contributed by atoms with Gasteiger partial charge in [-0.15, -0.1) is 11.3 Å². The molecule has 0 spiro atoms. The zero-order chi connectivity index (χ0) is 22.5. The van der Waals surface area contributed by atoms with E-state index in [0.29, 0.717) is 45.9 Å². The first-order chi connectivity index (χ1) is 15.6. The van der Waals surface area contributed by atoms with Crippen molar-refractivity contribution in [3.63, 3.8) is 0 Å². The van der Waals surface area contributed by atoms with Crippen molar-refractivity contribution in [3.05, 3.63) is 47.0 Å². The number of carbonyl (C=O) groups is 2. The summed E-state index contributed by atoms with van der Waals surface area (Å²) in [6.07, 6.45) is 0.807. The number of nitrogens with one attached hydrogen (secondary N) is 1. The Kier molecular flexibility index (Phi) is 7.19. The third-order valence-corrected chi connectivity index (χ3v) is 6.73. The summed E-state index contributed by atoms with van der Waals surface area (Å²) in [5.41, 5.74) is 1.90. The van der Waals surface area contributed by atoms with Gasteiger partial charge in [0.15, 0.2) is 0 Å². The number of rotatable bonds is 8. The molecule has 8 nitrogen and oxygen atoms in total. The number of ether oxygens (including phenoxy) is 1. The van der Waals surface area contributed by atoms with Gasteiger partial charge in [-0.25, -0.2) is 4.68 Å². The topological polar surface area (TPSA) is 79.7 Å². The van der Waals surface area contributed by atoms with Gasteiger partial charge in [0.05, 0.1) is 22.8 Å². The first-order valence-electron chi connectivity index (χ1n) is 10.9. The van der Waals surface area contributed by atoms with E-state index in [2.05, 4.69) is 15.3 Å². The summed E-state index contributed by atoms with van der Waals surface area (Å²) in [5, 5.41) is 8.58. The minimum absolute atomic E-state index is 0.0197. The fraction of sp³-hybridized carbons (Fsp3) is 0.435. The van der Waals surface area contributed by atoms with E-state index in [1.165, 1.54) is 11.3 Å². The summed E-state index contributed by atoms with van der Waals surface area (Å²) in [7, 11) is 1.65. The Hall–Kier alpha value is -2.75. The Labute approximate surface area is 191 Å². The maximum atomic E-state index is 13.2. The SMILES string of the molecule is COCCCNC(=O)CN1CCN(C(=O)c2cc3c(C)nn(-c4ccccc4)c3s2)CC1. The zero-order valence-corrected chi connectivity index (χ0v) is 19.4. The molecule has 1 saturated heterocycles. The van der Waals surface area contributed by atoms with E-state index in [1.54, 1.807) is 7.11 Å². The van der Waals surface area contributed by atoms with Crippen molar-refractivity contribution in [1.82, 2.24) is 24.9 Å². The van der Waals surface area contributed by atoms with Gasteiger partial charge in [0, 0.05) is 51.8 Å². The Balaban J connectivity index is 1.36. The van der Waals surface area contributed by atoms with Crippen molar-refractivity contribution in [2.24, 2.45) is 0 Å². The van der Waals surface area contributed by atoms with Crippen LogP contribution < -0.4 is 5.32 Å². The lowest BCUT2D eigenvalue weighted by Gasteiger charge is -2.34. The van der Waals surface area contributed by atoms with Gasteiger partial charge in [-0.2, -0.15) is 5.10 Å². The molecule has 0 atom stereocenters. The van der Waals surface area contributed by atoms with E-state index in [-0.39, 0.29) is 11.8 Å². The van der Waals surface area contributed by atoms with Crippen molar-refractivity contribution < 1.29 is 14.3 Å². The van der Waals surface area contributed by atoms with Crippen LogP contribution in [0.15, 0.2) is 36.4 Å². The molecule has 1 aliphatic heterocycles. The van der Waals surface area contributed by atoms with Crippen molar-refractivity contribution in [1.29, 1.82) is 0 Å². The summed E-state index contributed by atoms with van der Waals surface area (Å²) in [6, 6.07) is 11.9. The normalized spacial score (nSPS) is 14.8. The molecule has 1 N–H and O–H groups in total. The molecule has 0 bridgehead atoms. The molecule has 32 heavy (non-hydrogen) atoms. The lowest BCUT2D eigenvalue weighted by atomic mass is 10.2. The predicted molar refractivity (Wildman–Crippen MR) is 126 cm³/mol. The number of thiophene rings is 1. The average Bonchev–Trinajstić information content (AvgIpc) is 3.38. The number of fused-ring (bicyclic) bond motifs is 1. The van der Waals surface area contributed by atoms with Crippen LogP contribution in [0, 0.1) is 6.92 Å². The van der Waals surface area contributed by atoms with Crippen molar-refractivity contribution >= 4 is 33.4 Å². The number of amides is 2. The molecule has 4 rings (SSSR count). The Morgan fingerprint density at radius 3 is 2.62 bits per heavy atom. The molecule has 3 aromatic rings. The molecule has 0 radical (unpaired) electrons. The number of para-hydroxylation sites is 1. The molecule has 0 saturated carbocycles. The van der Waals surface area contributed by atoms with Crippen LogP contribution >= 0.6 is 11.3 Å². The number of aryl methyl sites for hydroxylation is 1. The second-order valence-corrected chi connectivity index (χ2v) is 8.96. The highest BCUT2D eigenvalue weighted by atomic mass is 32.1. The van der Waals surface area contributed by atoms with Crippen LogP contribution in [-0.4, -0.2) is 84.4 Å². The van der Waals surface area contributed by atoms with Gasteiger partial charge in [-0.1, -0.05) is 18.2 Å². The van der Waals surface area contributed by atoms with Crippen molar-refractivity contribution in [2.75, 3.05) is 53.0 Å². The van der Waals surface area contributed by atoms with E-state index in [4.69, 9.17) is 4.74 Å². The molecule has 1 aromatic carbocycles.